The van der Waals surface area contributed by atoms with E-state index in [2.05, 4.69) is 15.4 Å². The van der Waals surface area contributed by atoms with Gasteiger partial charge >= 0.3 is 0 Å². The predicted octanol–water partition coefficient (Wildman–Crippen LogP) is 5.67. The maximum atomic E-state index is 13.2. The van der Waals surface area contributed by atoms with Gasteiger partial charge in [0.05, 0.1) is 16.4 Å². The zero-order valence-corrected chi connectivity index (χ0v) is 18.8. The molecule has 0 radical (unpaired) electrons. The number of fused-ring (bicyclic) bond motifs is 2. The fraction of sp³-hybridized carbons (Fsp3) is 0.115. The first-order valence-corrected chi connectivity index (χ1v) is 11.7. The second-order valence-corrected chi connectivity index (χ2v) is 9.09. The predicted molar refractivity (Wildman–Crippen MR) is 129 cm³/mol. The molecule has 1 atom stereocenters. The highest BCUT2D eigenvalue weighted by atomic mass is 32.1. The Morgan fingerprint density at radius 2 is 1.82 bits per heavy atom. The van der Waals surface area contributed by atoms with Crippen molar-refractivity contribution in [3.63, 3.8) is 0 Å². The van der Waals surface area contributed by atoms with Crippen molar-refractivity contribution in [3.8, 4) is 10.9 Å². The van der Waals surface area contributed by atoms with Gasteiger partial charge in [-0.25, -0.2) is 9.37 Å². The number of hydrogen-bond donors (Lipinski definition) is 1. The van der Waals surface area contributed by atoms with E-state index < -0.39 is 0 Å². The van der Waals surface area contributed by atoms with Gasteiger partial charge in [0.1, 0.15) is 24.0 Å². The summed E-state index contributed by atoms with van der Waals surface area (Å²) in [7, 11) is 0. The van der Waals surface area contributed by atoms with E-state index in [1.807, 2.05) is 48.5 Å². The molecule has 0 spiro atoms. The van der Waals surface area contributed by atoms with Gasteiger partial charge in [0, 0.05) is 23.5 Å². The Hall–Kier alpha value is -4.04. The smallest absolute Gasteiger partial charge is 0.226 e. The highest BCUT2D eigenvalue weighted by molar-refractivity contribution is 7.20. The molecule has 1 aliphatic rings. The summed E-state index contributed by atoms with van der Waals surface area (Å²) in [6.07, 6.45) is 2.08. The SMILES string of the molecule is O=C1C[C@H](c2ccccc2OCc2ccc(F)cc2)c2cnn(-c3nc4ccccc4s3)c2N1. The molecular formula is C26H19FN4O2S. The molecule has 6 nitrogen and oxygen atoms in total. The number of carbonyl (C=O) groups is 1. The van der Waals surface area contributed by atoms with E-state index in [9.17, 15) is 9.18 Å². The van der Waals surface area contributed by atoms with Crippen molar-refractivity contribution in [1.82, 2.24) is 14.8 Å². The minimum Gasteiger partial charge on any atom is -0.489 e. The number of halogens is 1. The quantitative estimate of drug-likeness (QED) is 0.359. The Morgan fingerprint density at radius 1 is 1.03 bits per heavy atom. The standard InChI is InChI=1S/C26H19FN4O2S/c27-17-11-9-16(10-12-17)15-33-22-7-3-1-5-18(22)19-13-24(32)30-25-20(19)14-28-31(25)26-29-21-6-2-4-8-23(21)34-26/h1-12,14,19H,13,15H2,(H,30,32)/t19-/m1/s1. The average Bonchev–Trinajstić information content (AvgIpc) is 3.47. The van der Waals surface area contributed by atoms with E-state index in [0.717, 1.165) is 26.9 Å². The van der Waals surface area contributed by atoms with Gasteiger partial charge in [0.2, 0.25) is 11.0 Å². The molecule has 8 heteroatoms. The van der Waals surface area contributed by atoms with Gasteiger partial charge in [-0.15, -0.1) is 0 Å². The molecule has 0 saturated heterocycles. The normalized spacial score (nSPS) is 15.2. The highest BCUT2D eigenvalue weighted by Crippen LogP contribution is 2.42. The van der Waals surface area contributed by atoms with Gasteiger partial charge in [-0.1, -0.05) is 53.8 Å². The van der Waals surface area contributed by atoms with Crippen molar-refractivity contribution >= 4 is 33.3 Å². The Morgan fingerprint density at radius 3 is 2.68 bits per heavy atom. The maximum absolute atomic E-state index is 13.2. The fourth-order valence-electron chi connectivity index (χ4n) is 4.23. The van der Waals surface area contributed by atoms with Gasteiger partial charge < -0.3 is 10.1 Å². The molecule has 1 amide bonds. The van der Waals surface area contributed by atoms with Crippen molar-refractivity contribution in [2.24, 2.45) is 0 Å². The van der Waals surface area contributed by atoms with Crippen LogP contribution in [0.1, 0.15) is 29.0 Å². The number of hydrogen-bond acceptors (Lipinski definition) is 5. The van der Waals surface area contributed by atoms with E-state index in [-0.39, 0.29) is 24.1 Å². The van der Waals surface area contributed by atoms with Gasteiger partial charge in [-0.05, 0) is 35.9 Å². The third kappa shape index (κ3) is 3.72. The van der Waals surface area contributed by atoms with Crippen LogP contribution in [-0.2, 0) is 11.4 Å². The van der Waals surface area contributed by atoms with E-state index in [0.29, 0.717) is 23.3 Å². The number of amides is 1. The number of nitrogens with one attached hydrogen (secondary N) is 1. The van der Waals surface area contributed by atoms with Crippen molar-refractivity contribution in [1.29, 1.82) is 0 Å². The van der Waals surface area contributed by atoms with Crippen molar-refractivity contribution in [2.45, 2.75) is 18.9 Å². The molecule has 6 rings (SSSR count). The summed E-state index contributed by atoms with van der Waals surface area (Å²) in [5.74, 6) is 0.735. The summed E-state index contributed by atoms with van der Waals surface area (Å²) in [5, 5.41) is 8.26. The lowest BCUT2D eigenvalue weighted by atomic mass is 9.87. The molecule has 3 heterocycles. The fourth-order valence-corrected chi connectivity index (χ4v) is 5.16. The topological polar surface area (TPSA) is 69.0 Å². The molecule has 1 N–H and O–H groups in total. The molecule has 0 saturated carbocycles. The van der Waals surface area contributed by atoms with Crippen molar-refractivity contribution in [2.75, 3.05) is 5.32 Å². The number of ether oxygens (including phenoxy) is 1. The zero-order chi connectivity index (χ0) is 23.1. The lowest BCUT2D eigenvalue weighted by Gasteiger charge is -2.25. The summed E-state index contributed by atoms with van der Waals surface area (Å²) >= 11 is 1.52. The summed E-state index contributed by atoms with van der Waals surface area (Å²) < 4.78 is 22.1. The number of rotatable bonds is 5. The molecule has 34 heavy (non-hydrogen) atoms. The molecule has 1 aliphatic heterocycles. The number of anilines is 1. The van der Waals surface area contributed by atoms with Gasteiger partial charge in [-0.3, -0.25) is 4.79 Å². The molecule has 5 aromatic rings. The van der Waals surface area contributed by atoms with Gasteiger partial charge in [0.15, 0.2) is 0 Å². The summed E-state index contributed by atoms with van der Waals surface area (Å²) in [4.78, 5) is 17.4. The van der Waals surface area contributed by atoms with Gasteiger partial charge in [0.25, 0.3) is 0 Å². The van der Waals surface area contributed by atoms with Crippen LogP contribution >= 0.6 is 11.3 Å². The van der Waals surface area contributed by atoms with Crippen LogP contribution in [0.15, 0.2) is 79.0 Å². The van der Waals surface area contributed by atoms with Crippen molar-refractivity contribution < 1.29 is 13.9 Å². The number of para-hydroxylation sites is 2. The van der Waals surface area contributed by atoms with Crippen LogP contribution in [0, 0.1) is 5.82 Å². The van der Waals surface area contributed by atoms with Crippen LogP contribution in [0.4, 0.5) is 10.2 Å². The Kier molecular flexibility index (Phi) is 5.07. The van der Waals surface area contributed by atoms with Crippen molar-refractivity contribution in [3.05, 3.63) is 102 Å². The molecule has 3 aromatic carbocycles. The zero-order valence-electron chi connectivity index (χ0n) is 17.9. The second-order valence-electron chi connectivity index (χ2n) is 8.08. The van der Waals surface area contributed by atoms with Crippen LogP contribution in [0.25, 0.3) is 15.3 Å². The van der Waals surface area contributed by atoms with Crippen LogP contribution < -0.4 is 10.1 Å². The molecular weight excluding hydrogens is 451 g/mol. The molecule has 2 aromatic heterocycles. The van der Waals surface area contributed by atoms with Crippen LogP contribution in [0.2, 0.25) is 0 Å². The molecule has 0 unspecified atom stereocenters. The number of benzene rings is 3. The average molecular weight is 471 g/mol. The first-order chi connectivity index (χ1) is 16.7. The number of thiazole rings is 1. The third-order valence-electron chi connectivity index (χ3n) is 5.89. The lowest BCUT2D eigenvalue weighted by molar-refractivity contribution is -0.116. The molecule has 0 fully saturated rings. The first kappa shape index (κ1) is 20.6. The summed E-state index contributed by atoms with van der Waals surface area (Å²) in [5.41, 5.74) is 3.58. The Labute approximate surface area is 198 Å². The minimum atomic E-state index is -0.282. The molecule has 0 bridgehead atoms. The minimum absolute atomic E-state index is 0.0892. The van der Waals surface area contributed by atoms with Crippen LogP contribution in [0.3, 0.4) is 0 Å². The summed E-state index contributed by atoms with van der Waals surface area (Å²) in [6, 6.07) is 21.8. The monoisotopic (exact) mass is 470 g/mol. The maximum Gasteiger partial charge on any atom is 0.226 e. The van der Waals surface area contributed by atoms with E-state index in [1.54, 1.807) is 23.0 Å². The first-order valence-electron chi connectivity index (χ1n) is 10.9. The van der Waals surface area contributed by atoms with E-state index in [1.165, 1.54) is 23.5 Å². The second kappa shape index (κ2) is 8.39. The van der Waals surface area contributed by atoms with E-state index >= 15 is 0 Å². The Balaban J connectivity index is 1.35. The molecule has 0 aliphatic carbocycles. The van der Waals surface area contributed by atoms with Crippen LogP contribution in [0.5, 0.6) is 5.75 Å². The highest BCUT2D eigenvalue weighted by Gasteiger charge is 2.32. The lowest BCUT2D eigenvalue weighted by Crippen LogP contribution is -2.24. The van der Waals surface area contributed by atoms with Crippen LogP contribution in [-0.4, -0.2) is 20.7 Å². The van der Waals surface area contributed by atoms with E-state index in [4.69, 9.17) is 4.74 Å². The third-order valence-corrected chi connectivity index (χ3v) is 6.90. The Bertz CT molecular complexity index is 1480. The molecule has 168 valence electrons. The largest absolute Gasteiger partial charge is 0.489 e. The number of nitrogens with zero attached hydrogens (tertiary/aromatic N) is 3. The number of aromatic nitrogens is 3. The number of carbonyl (C=O) groups excluding carboxylic acids is 1. The van der Waals surface area contributed by atoms with Gasteiger partial charge in [-0.2, -0.15) is 9.78 Å². The summed E-state index contributed by atoms with van der Waals surface area (Å²) in [6.45, 7) is 0.300.